The van der Waals surface area contributed by atoms with Crippen LogP contribution in [-0.2, 0) is 15.4 Å². The number of sulfone groups is 1. The summed E-state index contributed by atoms with van der Waals surface area (Å²) in [7, 11) is -3.11. The monoisotopic (exact) mass is 283 g/mol. The number of benzene rings is 1. The van der Waals surface area contributed by atoms with Gasteiger partial charge < -0.3 is 10.8 Å². The normalized spacial score (nSPS) is 29.1. The highest BCUT2D eigenvalue weighted by Gasteiger charge is 2.53. The Morgan fingerprint density at radius 2 is 2.16 bits per heavy atom. The van der Waals surface area contributed by atoms with E-state index in [0.29, 0.717) is 6.42 Å². The maximum Gasteiger partial charge on any atom is 0.151 e. The van der Waals surface area contributed by atoms with Crippen LogP contribution in [0, 0.1) is 12.3 Å². The van der Waals surface area contributed by atoms with Crippen molar-refractivity contribution in [1.29, 1.82) is 0 Å². The molecule has 1 aliphatic heterocycles. The molecule has 5 heteroatoms. The lowest BCUT2D eigenvalue weighted by molar-refractivity contribution is -0.0583. The molecule has 0 amide bonds. The molecule has 106 valence electrons. The molecular formula is C14H21NO3S. The molecule has 4 nitrogen and oxygen atoms in total. The van der Waals surface area contributed by atoms with E-state index in [9.17, 15) is 13.5 Å². The Balaban J connectivity index is 2.48. The summed E-state index contributed by atoms with van der Waals surface area (Å²) in [5.74, 6) is 0.0591. The number of rotatable bonds is 3. The average Bonchev–Trinajstić information content (AvgIpc) is 2.67. The van der Waals surface area contributed by atoms with Crippen molar-refractivity contribution in [2.45, 2.75) is 25.9 Å². The second-order valence-corrected chi connectivity index (χ2v) is 7.95. The van der Waals surface area contributed by atoms with Gasteiger partial charge in [-0.25, -0.2) is 8.42 Å². The van der Waals surface area contributed by atoms with Crippen molar-refractivity contribution in [1.82, 2.24) is 0 Å². The van der Waals surface area contributed by atoms with Crippen molar-refractivity contribution < 1.29 is 13.5 Å². The van der Waals surface area contributed by atoms with Gasteiger partial charge in [-0.15, -0.1) is 0 Å². The van der Waals surface area contributed by atoms with Crippen LogP contribution >= 0.6 is 0 Å². The number of aryl methyl sites for hydroxylation is 1. The minimum absolute atomic E-state index is 0.0442. The summed E-state index contributed by atoms with van der Waals surface area (Å²) in [6, 6.07) is 7.53. The zero-order valence-electron chi connectivity index (χ0n) is 11.4. The average molecular weight is 283 g/mol. The van der Waals surface area contributed by atoms with Crippen molar-refractivity contribution in [2.75, 3.05) is 18.1 Å². The second kappa shape index (κ2) is 4.58. The molecule has 0 aliphatic carbocycles. The smallest absolute Gasteiger partial charge is 0.151 e. The molecule has 1 fully saturated rings. The fraction of sp³-hybridized carbons (Fsp3) is 0.571. The lowest BCUT2D eigenvalue weighted by atomic mass is 9.69. The third-order valence-electron chi connectivity index (χ3n) is 4.39. The predicted molar refractivity (Wildman–Crippen MR) is 75.5 cm³/mol. The molecule has 0 saturated carbocycles. The van der Waals surface area contributed by atoms with E-state index < -0.39 is 20.9 Å². The Labute approximate surface area is 114 Å². The van der Waals surface area contributed by atoms with Gasteiger partial charge in [-0.1, -0.05) is 29.8 Å². The van der Waals surface area contributed by atoms with Gasteiger partial charge in [0, 0.05) is 12.0 Å². The molecule has 1 heterocycles. The highest BCUT2D eigenvalue weighted by molar-refractivity contribution is 7.91. The molecule has 2 unspecified atom stereocenters. The maximum absolute atomic E-state index is 11.8. The van der Waals surface area contributed by atoms with Gasteiger partial charge in [-0.05, 0) is 25.8 Å². The Morgan fingerprint density at radius 3 is 2.63 bits per heavy atom. The highest BCUT2D eigenvalue weighted by Crippen LogP contribution is 2.46. The summed E-state index contributed by atoms with van der Waals surface area (Å²) in [5.41, 5.74) is 5.56. The fourth-order valence-electron chi connectivity index (χ4n) is 2.91. The Hall–Kier alpha value is -0.910. The van der Waals surface area contributed by atoms with Crippen molar-refractivity contribution in [2.24, 2.45) is 11.1 Å². The first kappa shape index (κ1) is 14.5. The van der Waals surface area contributed by atoms with E-state index in [2.05, 4.69) is 0 Å². The van der Waals surface area contributed by atoms with Gasteiger partial charge in [0.1, 0.15) is 0 Å². The van der Waals surface area contributed by atoms with Crippen LogP contribution in [0.5, 0.6) is 0 Å². The number of hydrogen-bond acceptors (Lipinski definition) is 4. The van der Waals surface area contributed by atoms with Gasteiger partial charge in [-0.3, -0.25) is 0 Å². The van der Waals surface area contributed by atoms with E-state index >= 15 is 0 Å². The van der Waals surface area contributed by atoms with Gasteiger partial charge in [-0.2, -0.15) is 0 Å². The van der Waals surface area contributed by atoms with Crippen LogP contribution in [0.25, 0.3) is 0 Å². The topological polar surface area (TPSA) is 80.4 Å². The first-order chi connectivity index (χ1) is 8.72. The highest BCUT2D eigenvalue weighted by atomic mass is 32.2. The lowest BCUT2D eigenvalue weighted by Gasteiger charge is -2.41. The number of nitrogens with two attached hydrogens (primary N) is 1. The summed E-state index contributed by atoms with van der Waals surface area (Å²) in [6.45, 7) is 3.78. The van der Waals surface area contributed by atoms with Gasteiger partial charge in [0.2, 0.25) is 0 Å². The first-order valence-corrected chi connectivity index (χ1v) is 8.25. The molecular weight excluding hydrogens is 262 g/mol. The van der Waals surface area contributed by atoms with Crippen LogP contribution in [0.2, 0.25) is 0 Å². The summed E-state index contributed by atoms with van der Waals surface area (Å²) >= 11 is 0. The van der Waals surface area contributed by atoms with Gasteiger partial charge in [0.15, 0.2) is 9.84 Å². The molecule has 0 aromatic heterocycles. The largest absolute Gasteiger partial charge is 0.385 e. The van der Waals surface area contributed by atoms with E-state index in [1.165, 1.54) is 0 Å². The Kier molecular flexibility index (Phi) is 3.49. The van der Waals surface area contributed by atoms with Gasteiger partial charge in [0.05, 0.1) is 17.1 Å². The standard InChI is InChI=1S/C14H21NO3S/c1-11-4-3-5-12(8-11)13(2,16)14(9-15)6-7-19(17,18)10-14/h3-5,8,16H,6-7,9-10,15H2,1-2H3. The fourth-order valence-corrected chi connectivity index (χ4v) is 5.15. The molecule has 0 radical (unpaired) electrons. The van der Waals surface area contributed by atoms with Crippen molar-refractivity contribution >= 4 is 9.84 Å². The zero-order valence-corrected chi connectivity index (χ0v) is 12.2. The summed E-state index contributed by atoms with van der Waals surface area (Å²) < 4.78 is 23.6. The van der Waals surface area contributed by atoms with E-state index in [-0.39, 0.29) is 18.1 Å². The summed E-state index contributed by atoms with van der Waals surface area (Å²) in [6.07, 6.45) is 0.409. The third kappa shape index (κ3) is 2.42. The van der Waals surface area contributed by atoms with Gasteiger partial charge >= 0.3 is 0 Å². The minimum atomic E-state index is -3.11. The predicted octanol–water partition coefficient (Wildman–Crippen LogP) is 0.966. The molecule has 1 aromatic rings. The molecule has 1 aliphatic rings. The van der Waals surface area contributed by atoms with Gasteiger partial charge in [0.25, 0.3) is 0 Å². The molecule has 2 atom stereocenters. The van der Waals surface area contributed by atoms with E-state index in [1.54, 1.807) is 6.92 Å². The molecule has 2 rings (SSSR count). The zero-order chi connectivity index (χ0) is 14.3. The Morgan fingerprint density at radius 1 is 1.47 bits per heavy atom. The summed E-state index contributed by atoms with van der Waals surface area (Å²) in [5, 5.41) is 10.9. The minimum Gasteiger partial charge on any atom is -0.385 e. The molecule has 1 aromatic carbocycles. The number of hydrogen-bond donors (Lipinski definition) is 2. The molecule has 19 heavy (non-hydrogen) atoms. The maximum atomic E-state index is 11.8. The van der Waals surface area contributed by atoms with E-state index in [4.69, 9.17) is 5.73 Å². The second-order valence-electron chi connectivity index (χ2n) is 5.77. The lowest BCUT2D eigenvalue weighted by Crippen LogP contribution is -2.49. The van der Waals surface area contributed by atoms with Crippen LogP contribution in [0.3, 0.4) is 0 Å². The van der Waals surface area contributed by atoms with Crippen LogP contribution < -0.4 is 5.73 Å². The quantitative estimate of drug-likeness (QED) is 0.866. The van der Waals surface area contributed by atoms with Crippen molar-refractivity contribution in [3.05, 3.63) is 35.4 Å². The molecule has 0 spiro atoms. The SMILES string of the molecule is Cc1cccc(C(C)(O)C2(CN)CCS(=O)(=O)C2)c1. The van der Waals surface area contributed by atoms with Crippen LogP contribution in [0.4, 0.5) is 0 Å². The third-order valence-corrected chi connectivity index (χ3v) is 6.21. The van der Waals surface area contributed by atoms with E-state index in [1.807, 2.05) is 31.2 Å². The molecule has 3 N–H and O–H groups in total. The van der Waals surface area contributed by atoms with E-state index in [0.717, 1.165) is 11.1 Å². The first-order valence-electron chi connectivity index (χ1n) is 6.42. The van der Waals surface area contributed by atoms with Crippen molar-refractivity contribution in [3.63, 3.8) is 0 Å². The van der Waals surface area contributed by atoms with Crippen LogP contribution in [0.1, 0.15) is 24.5 Å². The van der Waals surface area contributed by atoms with Crippen LogP contribution in [-0.4, -0.2) is 31.6 Å². The molecule has 0 bridgehead atoms. The molecule has 1 saturated heterocycles. The Bertz CT molecular complexity index is 580. The number of aliphatic hydroxyl groups is 1. The summed E-state index contributed by atoms with van der Waals surface area (Å²) in [4.78, 5) is 0. The van der Waals surface area contributed by atoms with Crippen LogP contribution in [0.15, 0.2) is 24.3 Å². The van der Waals surface area contributed by atoms with Crippen molar-refractivity contribution in [3.8, 4) is 0 Å².